The van der Waals surface area contributed by atoms with Crippen molar-refractivity contribution in [2.75, 3.05) is 12.4 Å². The van der Waals surface area contributed by atoms with Crippen LogP contribution in [0.2, 0.25) is 36.3 Å². The van der Waals surface area contributed by atoms with Gasteiger partial charge in [-0.1, -0.05) is 41.5 Å². The molecule has 0 radical (unpaired) electrons. The zero-order valence-corrected chi connectivity index (χ0v) is 27.3. The number of hydrogen-bond acceptors (Lipinski definition) is 9. The van der Waals surface area contributed by atoms with Gasteiger partial charge in [0.25, 0.3) is 15.7 Å². The number of nitrogens with zero attached hydrogens (tertiary/aromatic N) is 1. The number of ether oxygens (including phenoxy) is 1. The Morgan fingerprint density at radius 1 is 1.11 bits per heavy atom. The Bertz CT molecular complexity index is 1280. The van der Waals surface area contributed by atoms with Crippen molar-refractivity contribution < 1.29 is 26.2 Å². The van der Waals surface area contributed by atoms with Gasteiger partial charge in [-0.15, -0.1) is 0 Å². The van der Waals surface area contributed by atoms with E-state index in [4.69, 9.17) is 23.5 Å². The largest absolute Gasteiger partial charge is 0.414 e. The van der Waals surface area contributed by atoms with Crippen molar-refractivity contribution in [3.8, 4) is 0 Å². The Morgan fingerprint density at radius 3 is 2.13 bits per heavy atom. The van der Waals surface area contributed by atoms with E-state index in [1.165, 1.54) is 10.8 Å². The molecule has 218 valence electrons. The predicted octanol–water partition coefficient (Wildman–Crippen LogP) is 2.58. The third-order valence-corrected chi connectivity index (χ3v) is 19.1. The molecule has 1 unspecified atom stereocenters. The van der Waals surface area contributed by atoms with Gasteiger partial charge in [0.15, 0.2) is 28.5 Å². The Hall–Kier alpha value is -1.14. The molecule has 0 aliphatic carbocycles. The van der Waals surface area contributed by atoms with Crippen molar-refractivity contribution in [1.29, 1.82) is 0 Å². The maximum Gasteiger partial charge on any atom is 0.330 e. The van der Waals surface area contributed by atoms with E-state index >= 15 is 0 Å². The first-order valence-corrected chi connectivity index (χ1v) is 20.3. The Labute approximate surface area is 227 Å². The fraction of sp³-hybridized carbons (Fsp3) is 0.833. The zero-order chi connectivity index (χ0) is 29.3. The van der Waals surface area contributed by atoms with Gasteiger partial charge in [0.05, 0.1) is 18.4 Å². The van der Waals surface area contributed by atoms with Crippen LogP contribution in [0, 0.1) is 6.92 Å². The molecule has 0 saturated carbocycles. The molecule has 2 aliphatic heterocycles. The minimum absolute atomic E-state index is 0.00462. The Balaban J connectivity index is 2.23. The molecule has 3 rings (SSSR count). The van der Waals surface area contributed by atoms with Crippen molar-refractivity contribution in [2.24, 2.45) is 5.73 Å². The van der Waals surface area contributed by atoms with Crippen LogP contribution in [-0.4, -0.2) is 70.8 Å². The third-order valence-electron chi connectivity index (χ3n) is 8.79. The lowest BCUT2D eigenvalue weighted by Gasteiger charge is -2.44. The van der Waals surface area contributed by atoms with Crippen LogP contribution < -0.4 is 17.0 Å². The van der Waals surface area contributed by atoms with Gasteiger partial charge in [0.1, 0.15) is 12.2 Å². The van der Waals surface area contributed by atoms with E-state index in [-0.39, 0.29) is 16.7 Å². The standard InChI is InChI=1S/C24H45N3O8SSi2/c1-15-12-27(21(29)26-19(15)28)20-18(34-38(10,11)23(5,6)7)24(16(25)14-36(30,31)35-24)17(33-20)13-32-37(8,9)22(2,3)4/h12,16-18,20H,13-14,25H2,1-11H3,(H,26,28,29)/t16?,17-,18+,20-,24-/m1/s1. The number of nitrogens with one attached hydrogen (secondary N) is 1. The SMILES string of the molecule is Cc1cn([C@@H]2O[C@H](CO[Si](C)(C)C(C)(C)C)[C@@]3(OS(=O)(=O)CC3N)[C@H]2O[Si](C)(C)C(C)(C)C)c(=O)[nH]c1=O. The molecule has 3 heterocycles. The van der Waals surface area contributed by atoms with Gasteiger partial charge < -0.3 is 19.3 Å². The minimum atomic E-state index is -4.02. The van der Waals surface area contributed by atoms with Gasteiger partial charge in [-0.05, 0) is 43.2 Å². The van der Waals surface area contributed by atoms with Crippen LogP contribution in [0.25, 0.3) is 0 Å². The van der Waals surface area contributed by atoms with Gasteiger partial charge in [-0.25, -0.2) is 4.79 Å². The van der Waals surface area contributed by atoms with Crippen molar-refractivity contribution in [3.05, 3.63) is 32.6 Å². The molecule has 3 N–H and O–H groups in total. The van der Waals surface area contributed by atoms with E-state index in [9.17, 15) is 18.0 Å². The van der Waals surface area contributed by atoms with Crippen molar-refractivity contribution in [2.45, 2.75) is 115 Å². The highest BCUT2D eigenvalue weighted by Crippen LogP contribution is 2.51. The first-order valence-electron chi connectivity index (χ1n) is 12.9. The van der Waals surface area contributed by atoms with Crippen LogP contribution in [0.5, 0.6) is 0 Å². The van der Waals surface area contributed by atoms with Crippen LogP contribution >= 0.6 is 0 Å². The van der Waals surface area contributed by atoms with Crippen LogP contribution in [0.15, 0.2) is 15.8 Å². The van der Waals surface area contributed by atoms with E-state index < -0.39 is 73.8 Å². The summed E-state index contributed by atoms with van der Waals surface area (Å²) < 4.78 is 52.6. The van der Waals surface area contributed by atoms with Gasteiger partial charge >= 0.3 is 5.69 Å². The Morgan fingerprint density at radius 2 is 1.66 bits per heavy atom. The molecule has 0 amide bonds. The van der Waals surface area contributed by atoms with Gasteiger partial charge in [-0.2, -0.15) is 8.42 Å². The molecule has 2 saturated heterocycles. The van der Waals surface area contributed by atoms with Crippen molar-refractivity contribution >= 4 is 26.8 Å². The molecule has 38 heavy (non-hydrogen) atoms. The normalized spacial score (nSPS) is 30.3. The summed E-state index contributed by atoms with van der Waals surface area (Å²) in [6, 6.07) is -1.00. The van der Waals surface area contributed by atoms with Gasteiger partial charge in [-0.3, -0.25) is 18.5 Å². The lowest BCUT2D eigenvalue weighted by Crippen LogP contribution is -2.63. The van der Waals surface area contributed by atoms with Crippen LogP contribution in [-0.2, 0) is 27.9 Å². The predicted molar refractivity (Wildman–Crippen MR) is 151 cm³/mol. The number of aryl methyl sites for hydroxylation is 1. The Kier molecular flexibility index (Phi) is 8.05. The summed E-state index contributed by atoms with van der Waals surface area (Å²) in [6.45, 7) is 22.2. The summed E-state index contributed by atoms with van der Waals surface area (Å²) >= 11 is 0. The molecular weight excluding hydrogens is 547 g/mol. The third kappa shape index (κ3) is 5.55. The summed E-state index contributed by atoms with van der Waals surface area (Å²) in [7, 11) is -8.92. The molecule has 2 aliphatic rings. The maximum absolute atomic E-state index is 13.0. The lowest BCUT2D eigenvalue weighted by atomic mass is 9.86. The summed E-state index contributed by atoms with van der Waals surface area (Å²) in [6.07, 6.45) is -1.73. The second-order valence-corrected chi connectivity index (χ2v) is 24.8. The van der Waals surface area contributed by atoms with E-state index in [0.29, 0.717) is 5.56 Å². The van der Waals surface area contributed by atoms with Crippen molar-refractivity contribution in [3.63, 3.8) is 0 Å². The molecule has 1 aromatic heterocycles. The number of rotatable bonds is 6. The molecule has 14 heteroatoms. The molecular formula is C24H45N3O8SSi2. The number of H-pyrrole nitrogens is 1. The molecule has 1 spiro atoms. The van der Waals surface area contributed by atoms with E-state index in [1.807, 2.05) is 13.1 Å². The number of aromatic nitrogens is 2. The molecule has 1 aromatic rings. The number of aromatic amines is 1. The van der Waals surface area contributed by atoms with Gasteiger partial charge in [0.2, 0.25) is 0 Å². The molecule has 0 bridgehead atoms. The summed E-state index contributed by atoms with van der Waals surface area (Å²) in [5.74, 6) is -0.420. The van der Waals surface area contributed by atoms with Crippen LogP contribution in [0.3, 0.4) is 0 Å². The summed E-state index contributed by atoms with van der Waals surface area (Å²) in [4.78, 5) is 27.5. The van der Waals surface area contributed by atoms with E-state index in [1.54, 1.807) is 6.92 Å². The lowest BCUT2D eigenvalue weighted by molar-refractivity contribution is -0.0687. The topological polar surface area (TPSA) is 152 Å². The second kappa shape index (κ2) is 9.75. The molecule has 2 fully saturated rings. The zero-order valence-electron chi connectivity index (χ0n) is 24.5. The fourth-order valence-electron chi connectivity index (χ4n) is 4.27. The first-order chi connectivity index (χ1) is 17.0. The van der Waals surface area contributed by atoms with E-state index in [0.717, 1.165) is 0 Å². The average Bonchev–Trinajstić information content (AvgIpc) is 3.14. The highest BCUT2D eigenvalue weighted by molar-refractivity contribution is 7.87. The first kappa shape index (κ1) is 31.4. The average molecular weight is 592 g/mol. The fourth-order valence-corrected chi connectivity index (χ4v) is 8.09. The highest BCUT2D eigenvalue weighted by atomic mass is 32.2. The van der Waals surface area contributed by atoms with Crippen LogP contribution in [0.4, 0.5) is 0 Å². The molecule has 0 aromatic carbocycles. The summed E-state index contributed by atoms with van der Waals surface area (Å²) in [5.41, 5.74) is 4.01. The van der Waals surface area contributed by atoms with Crippen LogP contribution in [0.1, 0.15) is 53.3 Å². The quantitative estimate of drug-likeness (QED) is 0.375. The molecule has 5 atom stereocenters. The summed E-state index contributed by atoms with van der Waals surface area (Å²) in [5, 5.41) is -0.380. The molecule has 11 nitrogen and oxygen atoms in total. The monoisotopic (exact) mass is 591 g/mol. The van der Waals surface area contributed by atoms with Gasteiger partial charge in [0, 0.05) is 11.8 Å². The number of nitrogens with two attached hydrogens (primary N) is 1. The van der Waals surface area contributed by atoms with E-state index in [2.05, 4.69) is 59.6 Å². The smallest absolute Gasteiger partial charge is 0.330 e. The highest BCUT2D eigenvalue weighted by Gasteiger charge is 2.69. The number of hydrogen-bond donors (Lipinski definition) is 2. The second-order valence-electron chi connectivity index (χ2n) is 13.6. The minimum Gasteiger partial charge on any atom is -0.414 e. The maximum atomic E-state index is 13.0. The van der Waals surface area contributed by atoms with Crippen molar-refractivity contribution in [1.82, 2.24) is 9.55 Å².